The largest absolute Gasteiger partial charge is 0.481 e. The molecule has 0 spiro atoms. The fourth-order valence-corrected chi connectivity index (χ4v) is 2.27. The minimum atomic E-state index is -0.894. The lowest BCUT2D eigenvalue weighted by Crippen LogP contribution is -2.09. The highest BCUT2D eigenvalue weighted by Crippen LogP contribution is 2.37. The molecule has 1 aliphatic rings. The summed E-state index contributed by atoms with van der Waals surface area (Å²) in [5, 5.41) is 8.77. The Kier molecular flexibility index (Phi) is 3.78. The molecule has 4 nitrogen and oxygen atoms in total. The molecule has 5 heteroatoms. The number of carboxylic acids is 1. The van der Waals surface area contributed by atoms with Crippen LogP contribution in [0.2, 0.25) is 0 Å². The second-order valence-corrected chi connectivity index (χ2v) is 4.82. The number of halogens is 1. The fourth-order valence-electron chi connectivity index (χ4n) is 1.78. The second kappa shape index (κ2) is 5.32. The van der Waals surface area contributed by atoms with Gasteiger partial charge in [0.25, 0.3) is 0 Å². The minimum absolute atomic E-state index is 0.0443. The van der Waals surface area contributed by atoms with Crippen molar-refractivity contribution in [1.82, 2.24) is 0 Å². The predicted octanol–water partition coefficient (Wildman–Crippen LogP) is 2.44. The number of aliphatic carboxylic acids is 1. The van der Waals surface area contributed by atoms with Gasteiger partial charge in [0.1, 0.15) is 0 Å². The molecule has 0 radical (unpaired) electrons. The fraction of sp³-hybridized carbons (Fsp3) is 0.308. The van der Waals surface area contributed by atoms with Crippen LogP contribution in [-0.4, -0.2) is 17.9 Å². The van der Waals surface area contributed by atoms with Crippen LogP contribution in [0.25, 0.3) is 0 Å². The molecule has 0 fully saturated rings. The van der Waals surface area contributed by atoms with Crippen molar-refractivity contribution >= 4 is 21.9 Å². The van der Waals surface area contributed by atoms with Gasteiger partial charge in [-0.1, -0.05) is 15.9 Å². The van der Waals surface area contributed by atoms with Gasteiger partial charge in [-0.25, -0.2) is 0 Å². The second-order valence-electron chi connectivity index (χ2n) is 3.96. The normalized spacial score (nSPS) is 14.0. The van der Waals surface area contributed by atoms with Gasteiger partial charge in [-0.2, -0.15) is 0 Å². The first-order valence-corrected chi connectivity index (χ1v) is 6.15. The highest BCUT2D eigenvalue weighted by molar-refractivity contribution is 9.10. The SMILES string of the molecule is C#CC(CC(=O)O)Cc1cc2c(cc1Br)OCO2. The number of hydrogen-bond donors (Lipinski definition) is 1. The topological polar surface area (TPSA) is 55.8 Å². The van der Waals surface area contributed by atoms with E-state index in [0.29, 0.717) is 17.9 Å². The molecule has 0 aliphatic carbocycles. The number of hydrogen-bond acceptors (Lipinski definition) is 3. The molecule has 0 saturated carbocycles. The summed E-state index contributed by atoms with van der Waals surface area (Å²) in [6, 6.07) is 3.64. The number of rotatable bonds is 4. The van der Waals surface area contributed by atoms with Crippen molar-refractivity contribution in [2.24, 2.45) is 5.92 Å². The third-order valence-corrected chi connectivity index (χ3v) is 3.40. The first-order valence-electron chi connectivity index (χ1n) is 5.36. The summed E-state index contributed by atoms with van der Waals surface area (Å²) in [4.78, 5) is 10.7. The van der Waals surface area contributed by atoms with E-state index in [-0.39, 0.29) is 19.1 Å². The Bertz CT molecular complexity index is 518. The molecular weight excluding hydrogens is 300 g/mol. The van der Waals surface area contributed by atoms with Crippen LogP contribution in [0.5, 0.6) is 11.5 Å². The lowest BCUT2D eigenvalue weighted by molar-refractivity contribution is -0.137. The molecule has 1 N–H and O–H groups in total. The third-order valence-electron chi connectivity index (χ3n) is 2.66. The van der Waals surface area contributed by atoms with Crippen molar-refractivity contribution in [2.75, 3.05) is 6.79 Å². The van der Waals surface area contributed by atoms with Crippen molar-refractivity contribution in [3.63, 3.8) is 0 Å². The Morgan fingerprint density at radius 2 is 2.17 bits per heavy atom. The van der Waals surface area contributed by atoms with Crippen LogP contribution in [0.4, 0.5) is 0 Å². The van der Waals surface area contributed by atoms with Crippen LogP contribution in [0.15, 0.2) is 16.6 Å². The van der Waals surface area contributed by atoms with Gasteiger partial charge in [-0.05, 0) is 24.1 Å². The van der Waals surface area contributed by atoms with Gasteiger partial charge in [-0.15, -0.1) is 12.3 Å². The molecule has 1 aromatic rings. The number of benzene rings is 1. The van der Waals surface area contributed by atoms with Crippen molar-refractivity contribution in [3.05, 3.63) is 22.2 Å². The van der Waals surface area contributed by atoms with Gasteiger partial charge >= 0.3 is 5.97 Å². The number of fused-ring (bicyclic) bond motifs is 1. The molecule has 0 amide bonds. The van der Waals surface area contributed by atoms with E-state index in [4.69, 9.17) is 21.0 Å². The highest BCUT2D eigenvalue weighted by atomic mass is 79.9. The maximum atomic E-state index is 10.7. The van der Waals surface area contributed by atoms with E-state index in [1.807, 2.05) is 12.1 Å². The van der Waals surface area contributed by atoms with Gasteiger partial charge in [-0.3, -0.25) is 4.79 Å². The molecule has 0 aromatic heterocycles. The van der Waals surface area contributed by atoms with Gasteiger partial charge in [0, 0.05) is 10.4 Å². The Morgan fingerprint density at radius 3 is 2.78 bits per heavy atom. The molecular formula is C13H11BrO4. The summed E-state index contributed by atoms with van der Waals surface area (Å²) in [7, 11) is 0. The molecule has 0 saturated heterocycles. The van der Waals surface area contributed by atoms with Gasteiger partial charge < -0.3 is 14.6 Å². The minimum Gasteiger partial charge on any atom is -0.481 e. The Hall–Kier alpha value is -1.67. The smallest absolute Gasteiger partial charge is 0.304 e. The van der Waals surface area contributed by atoms with E-state index in [2.05, 4.69) is 21.9 Å². The van der Waals surface area contributed by atoms with E-state index in [1.165, 1.54) is 0 Å². The molecule has 2 rings (SSSR count). The Balaban J connectivity index is 2.18. The van der Waals surface area contributed by atoms with Gasteiger partial charge in [0.05, 0.1) is 6.42 Å². The van der Waals surface area contributed by atoms with E-state index >= 15 is 0 Å². The molecule has 1 atom stereocenters. The van der Waals surface area contributed by atoms with Crippen LogP contribution in [0.3, 0.4) is 0 Å². The zero-order valence-electron chi connectivity index (χ0n) is 9.48. The average Bonchev–Trinajstić information content (AvgIpc) is 2.74. The van der Waals surface area contributed by atoms with Crippen LogP contribution < -0.4 is 9.47 Å². The monoisotopic (exact) mass is 310 g/mol. The van der Waals surface area contributed by atoms with E-state index in [1.54, 1.807) is 0 Å². The quantitative estimate of drug-likeness (QED) is 0.868. The first-order chi connectivity index (χ1) is 8.60. The lowest BCUT2D eigenvalue weighted by atomic mass is 9.97. The number of carboxylic acid groups (broad SMARTS) is 1. The number of terminal acetylenes is 1. The predicted molar refractivity (Wildman–Crippen MR) is 68.5 cm³/mol. The van der Waals surface area contributed by atoms with Crippen LogP contribution >= 0.6 is 15.9 Å². The first kappa shape index (κ1) is 12.8. The van der Waals surface area contributed by atoms with E-state index < -0.39 is 5.97 Å². The maximum Gasteiger partial charge on any atom is 0.304 e. The molecule has 18 heavy (non-hydrogen) atoms. The molecule has 1 aliphatic heterocycles. The molecule has 1 unspecified atom stereocenters. The summed E-state index contributed by atoms with van der Waals surface area (Å²) in [5.41, 5.74) is 0.920. The van der Waals surface area contributed by atoms with E-state index in [9.17, 15) is 4.79 Å². The van der Waals surface area contributed by atoms with Crippen LogP contribution in [0, 0.1) is 18.3 Å². The van der Waals surface area contributed by atoms with Crippen molar-refractivity contribution in [1.29, 1.82) is 0 Å². The summed E-state index contributed by atoms with van der Waals surface area (Å²) < 4.78 is 11.4. The molecule has 0 bridgehead atoms. The summed E-state index contributed by atoms with van der Waals surface area (Å²) in [6.45, 7) is 0.207. The lowest BCUT2D eigenvalue weighted by Gasteiger charge is -2.10. The van der Waals surface area contributed by atoms with Gasteiger partial charge in [0.2, 0.25) is 6.79 Å². The number of ether oxygens (including phenoxy) is 2. The maximum absolute atomic E-state index is 10.7. The summed E-state index contributed by atoms with van der Waals surface area (Å²) >= 11 is 3.42. The van der Waals surface area contributed by atoms with E-state index in [0.717, 1.165) is 10.0 Å². The molecule has 1 heterocycles. The van der Waals surface area contributed by atoms with Crippen LogP contribution in [0.1, 0.15) is 12.0 Å². The van der Waals surface area contributed by atoms with Crippen molar-refractivity contribution in [2.45, 2.75) is 12.8 Å². The summed E-state index contributed by atoms with van der Waals surface area (Å²) in [6.07, 6.45) is 5.79. The Morgan fingerprint density at radius 1 is 1.50 bits per heavy atom. The van der Waals surface area contributed by atoms with Crippen molar-refractivity contribution in [3.8, 4) is 23.8 Å². The highest BCUT2D eigenvalue weighted by Gasteiger charge is 2.19. The van der Waals surface area contributed by atoms with Crippen molar-refractivity contribution < 1.29 is 19.4 Å². The third kappa shape index (κ3) is 2.77. The Labute approximate surface area is 113 Å². The zero-order valence-corrected chi connectivity index (χ0v) is 11.1. The summed E-state index contributed by atoms with van der Waals surface area (Å²) in [5.74, 6) is 2.62. The zero-order chi connectivity index (χ0) is 13.1. The van der Waals surface area contributed by atoms with Gasteiger partial charge in [0.15, 0.2) is 11.5 Å². The molecule has 94 valence electrons. The van der Waals surface area contributed by atoms with Crippen LogP contribution in [-0.2, 0) is 11.2 Å². The number of carbonyl (C=O) groups is 1. The molecule has 1 aromatic carbocycles. The standard InChI is InChI=1S/C13H11BrO4/c1-2-8(4-13(15)16)3-9-5-11-12(6-10(9)14)18-7-17-11/h1,5-6,8H,3-4,7H2,(H,15,16). The average molecular weight is 311 g/mol.